The Kier molecular flexibility index (Phi) is 5.86. The van der Waals surface area contributed by atoms with Crippen LogP contribution in [0.2, 0.25) is 0 Å². The predicted molar refractivity (Wildman–Crippen MR) is 110 cm³/mol. The van der Waals surface area contributed by atoms with Crippen LogP contribution in [0.25, 0.3) is 0 Å². The first kappa shape index (κ1) is 21.2. The maximum absolute atomic E-state index is 12.8. The highest BCUT2D eigenvalue weighted by atomic mass is 16.8. The number of hydroxylamine groups is 2. The van der Waals surface area contributed by atoms with E-state index < -0.39 is 30.2 Å². The van der Waals surface area contributed by atoms with Crippen molar-refractivity contribution in [3.8, 4) is 0 Å². The largest absolute Gasteiger partial charge is 0.452 e. The van der Waals surface area contributed by atoms with Crippen molar-refractivity contribution in [1.82, 2.24) is 9.96 Å². The summed E-state index contributed by atoms with van der Waals surface area (Å²) in [6, 6.07) is 14.9. The lowest BCUT2D eigenvalue weighted by Crippen LogP contribution is -2.57. The van der Waals surface area contributed by atoms with Gasteiger partial charge in [0.05, 0.1) is 28.8 Å². The molecule has 4 rings (SSSR count). The van der Waals surface area contributed by atoms with Crippen molar-refractivity contribution < 1.29 is 28.7 Å². The number of imide groups is 1. The van der Waals surface area contributed by atoms with Gasteiger partial charge in [-0.25, -0.2) is 9.63 Å². The molecule has 0 aromatic heterocycles. The summed E-state index contributed by atoms with van der Waals surface area (Å²) in [6.45, 7) is 1.87. The molecule has 0 unspecified atom stereocenters. The van der Waals surface area contributed by atoms with Crippen LogP contribution in [0.1, 0.15) is 44.4 Å². The molecular weight excluding hydrogens is 400 g/mol. The fourth-order valence-electron chi connectivity index (χ4n) is 3.87. The van der Waals surface area contributed by atoms with Crippen molar-refractivity contribution >= 4 is 17.8 Å². The first-order chi connectivity index (χ1) is 14.9. The lowest BCUT2D eigenvalue weighted by Gasteiger charge is -2.42. The molecular formula is C23H24N2O6. The number of hydrogen-bond acceptors (Lipinski definition) is 7. The van der Waals surface area contributed by atoms with Crippen molar-refractivity contribution in [3.63, 3.8) is 0 Å². The summed E-state index contributed by atoms with van der Waals surface area (Å²) in [4.78, 5) is 45.9. The molecule has 0 radical (unpaired) electrons. The minimum absolute atomic E-state index is 0.237. The normalized spacial score (nSPS) is 25.6. The van der Waals surface area contributed by atoms with Crippen LogP contribution >= 0.6 is 0 Å². The van der Waals surface area contributed by atoms with Crippen LogP contribution < -0.4 is 0 Å². The van der Waals surface area contributed by atoms with Crippen LogP contribution in [0.4, 0.5) is 0 Å². The van der Waals surface area contributed by atoms with E-state index in [4.69, 9.17) is 14.3 Å². The smallest absolute Gasteiger partial charge is 0.338 e. The first-order valence-corrected chi connectivity index (χ1v) is 10.1. The van der Waals surface area contributed by atoms with E-state index in [2.05, 4.69) is 0 Å². The Balaban J connectivity index is 1.60. The maximum atomic E-state index is 12.8. The zero-order chi connectivity index (χ0) is 22.1. The molecule has 0 aliphatic carbocycles. The summed E-state index contributed by atoms with van der Waals surface area (Å²) in [5.41, 5.74) is 0.912. The van der Waals surface area contributed by atoms with Gasteiger partial charge in [-0.15, -0.1) is 5.06 Å². The van der Waals surface area contributed by atoms with Crippen molar-refractivity contribution in [2.75, 3.05) is 14.1 Å². The van der Waals surface area contributed by atoms with Gasteiger partial charge in [-0.3, -0.25) is 9.59 Å². The topological polar surface area (TPSA) is 85.4 Å². The van der Waals surface area contributed by atoms with Gasteiger partial charge in [0.1, 0.15) is 0 Å². The number of ether oxygens (including phenoxy) is 2. The van der Waals surface area contributed by atoms with E-state index in [0.29, 0.717) is 17.0 Å². The lowest BCUT2D eigenvalue weighted by atomic mass is 9.99. The molecule has 0 saturated carbocycles. The Morgan fingerprint density at radius 2 is 1.58 bits per heavy atom. The molecule has 162 valence electrons. The number of fused-ring (bicyclic) bond motifs is 1. The third kappa shape index (κ3) is 4.10. The van der Waals surface area contributed by atoms with Crippen LogP contribution in [-0.2, 0) is 14.3 Å². The van der Waals surface area contributed by atoms with Crippen LogP contribution in [0, 0.1) is 0 Å². The minimum atomic E-state index is -1.13. The zero-order valence-electron chi connectivity index (χ0n) is 17.6. The van der Waals surface area contributed by atoms with Crippen LogP contribution in [0.3, 0.4) is 0 Å². The summed E-state index contributed by atoms with van der Waals surface area (Å²) >= 11 is 0. The third-order valence-electron chi connectivity index (χ3n) is 5.47. The summed E-state index contributed by atoms with van der Waals surface area (Å²) in [7, 11) is 3.73. The molecule has 1 saturated heterocycles. The second-order valence-corrected chi connectivity index (χ2v) is 7.87. The number of benzene rings is 2. The van der Waals surface area contributed by atoms with Crippen molar-refractivity contribution in [1.29, 1.82) is 0 Å². The summed E-state index contributed by atoms with van der Waals surface area (Å²) in [6.07, 6.45) is -1.64. The third-order valence-corrected chi connectivity index (χ3v) is 5.47. The minimum Gasteiger partial charge on any atom is -0.452 e. The number of rotatable bonds is 5. The highest BCUT2D eigenvalue weighted by molar-refractivity contribution is 6.20. The van der Waals surface area contributed by atoms with Crippen LogP contribution in [-0.4, -0.2) is 66.4 Å². The van der Waals surface area contributed by atoms with Crippen LogP contribution in [0.5, 0.6) is 0 Å². The second kappa shape index (κ2) is 8.58. The first-order valence-electron chi connectivity index (χ1n) is 10.1. The predicted octanol–water partition coefficient (Wildman–Crippen LogP) is 2.50. The van der Waals surface area contributed by atoms with Gasteiger partial charge in [0.15, 0.2) is 6.10 Å². The Labute approximate surface area is 180 Å². The molecule has 2 amide bonds. The Morgan fingerprint density at radius 1 is 1.00 bits per heavy atom. The molecule has 31 heavy (non-hydrogen) atoms. The van der Waals surface area contributed by atoms with Crippen LogP contribution in [0.15, 0.2) is 54.6 Å². The molecule has 0 bridgehead atoms. The summed E-state index contributed by atoms with van der Waals surface area (Å²) in [5.74, 6) is -1.68. The maximum Gasteiger partial charge on any atom is 0.338 e. The van der Waals surface area contributed by atoms with Gasteiger partial charge in [-0.1, -0.05) is 30.3 Å². The molecule has 8 heteroatoms. The number of carbonyl (C=O) groups excluding carboxylic acids is 3. The fourth-order valence-corrected chi connectivity index (χ4v) is 3.87. The Hall–Kier alpha value is -3.07. The highest BCUT2D eigenvalue weighted by Crippen LogP contribution is 2.30. The molecule has 2 aliphatic rings. The van der Waals surface area contributed by atoms with Gasteiger partial charge < -0.3 is 14.4 Å². The average molecular weight is 424 g/mol. The van der Waals surface area contributed by atoms with Crippen molar-refractivity contribution in [2.45, 2.75) is 37.9 Å². The number of esters is 1. The Bertz CT molecular complexity index is 958. The van der Waals surface area contributed by atoms with Gasteiger partial charge in [-0.2, -0.15) is 0 Å². The van der Waals surface area contributed by atoms with Gasteiger partial charge >= 0.3 is 5.97 Å². The molecule has 4 atom stereocenters. The number of amides is 2. The van der Waals surface area contributed by atoms with E-state index in [1.165, 1.54) is 0 Å². The standard InChI is InChI=1S/C23H24N2O6/c1-14-13-18(24(2)3)19(30-22(28)15-9-5-4-6-10-15)23(29-14)31-25-20(26)16-11-7-8-12-17(16)21(25)27/h4-12,14,18-19,23H,13H2,1-3H3/t14-,18+,19-,23+/m1/s1. The highest BCUT2D eigenvalue weighted by Gasteiger charge is 2.46. The van der Waals surface area contributed by atoms with Gasteiger partial charge in [0.2, 0.25) is 6.29 Å². The average Bonchev–Trinajstić information content (AvgIpc) is 3.00. The molecule has 2 aromatic rings. The lowest BCUT2D eigenvalue weighted by molar-refractivity contribution is -0.304. The van der Waals surface area contributed by atoms with E-state index in [0.717, 1.165) is 0 Å². The SMILES string of the molecule is C[C@@H]1C[C@H](N(C)C)[C@@H](OC(=O)c2ccccc2)[C@H](ON2C(=O)c3ccccc3C2=O)O1. The zero-order valence-corrected chi connectivity index (χ0v) is 17.6. The Morgan fingerprint density at radius 3 is 2.16 bits per heavy atom. The molecule has 2 heterocycles. The van der Waals surface area contributed by atoms with Gasteiger partial charge in [0.25, 0.3) is 11.8 Å². The molecule has 1 fully saturated rings. The quantitative estimate of drug-likeness (QED) is 0.539. The number of carbonyl (C=O) groups is 3. The van der Waals surface area contributed by atoms with E-state index in [1.54, 1.807) is 54.6 Å². The van der Waals surface area contributed by atoms with E-state index in [9.17, 15) is 14.4 Å². The fraction of sp³-hybridized carbons (Fsp3) is 0.348. The van der Waals surface area contributed by atoms with Gasteiger partial charge in [0, 0.05) is 0 Å². The molecule has 0 spiro atoms. The molecule has 2 aromatic carbocycles. The monoisotopic (exact) mass is 424 g/mol. The van der Waals surface area contributed by atoms with Crippen molar-refractivity contribution in [3.05, 3.63) is 71.3 Å². The number of nitrogens with zero attached hydrogens (tertiary/aromatic N) is 2. The molecule has 0 N–H and O–H groups in total. The van der Waals surface area contributed by atoms with Gasteiger partial charge in [-0.05, 0) is 51.7 Å². The van der Waals surface area contributed by atoms with E-state index >= 15 is 0 Å². The number of likely N-dealkylation sites (N-methyl/N-ethyl adjacent to an activating group) is 1. The van der Waals surface area contributed by atoms with E-state index in [-0.39, 0.29) is 23.3 Å². The molecule has 8 nitrogen and oxygen atoms in total. The molecule has 2 aliphatic heterocycles. The summed E-state index contributed by atoms with van der Waals surface area (Å²) < 4.78 is 11.7. The second-order valence-electron chi connectivity index (χ2n) is 7.87. The number of hydrogen-bond donors (Lipinski definition) is 0. The van der Waals surface area contributed by atoms with E-state index in [1.807, 2.05) is 25.9 Å². The van der Waals surface area contributed by atoms with Crippen molar-refractivity contribution in [2.24, 2.45) is 0 Å². The summed E-state index contributed by atoms with van der Waals surface area (Å²) in [5, 5.41) is 0.698.